The topological polar surface area (TPSA) is 49.9 Å². The SMILES string of the molecule is COc1ccccc1[C@@H](C)N(C)C(=O)CN1CSCC1=O. The lowest BCUT2D eigenvalue weighted by molar-refractivity contribution is -0.138. The standard InChI is InChI=1S/C15H20N2O3S/c1-11(12-6-4-5-7-13(12)20-3)16(2)14(18)8-17-10-21-9-15(17)19/h4-7,11H,8-10H2,1-3H3/t11-/m1/s1. The lowest BCUT2D eigenvalue weighted by Crippen LogP contribution is -2.40. The number of amides is 2. The third-order valence-electron chi connectivity index (χ3n) is 3.71. The maximum atomic E-state index is 12.3. The summed E-state index contributed by atoms with van der Waals surface area (Å²) in [5.41, 5.74) is 0.956. The van der Waals surface area contributed by atoms with Crippen LogP contribution < -0.4 is 4.74 Å². The van der Waals surface area contributed by atoms with Crippen molar-refractivity contribution in [3.05, 3.63) is 29.8 Å². The molecule has 0 unspecified atom stereocenters. The summed E-state index contributed by atoms with van der Waals surface area (Å²) in [4.78, 5) is 27.2. The van der Waals surface area contributed by atoms with E-state index in [4.69, 9.17) is 4.74 Å². The van der Waals surface area contributed by atoms with Gasteiger partial charge in [-0.3, -0.25) is 9.59 Å². The van der Waals surface area contributed by atoms with Crippen LogP contribution in [0.2, 0.25) is 0 Å². The maximum absolute atomic E-state index is 12.3. The molecule has 1 saturated heterocycles. The Bertz CT molecular complexity index is 535. The van der Waals surface area contributed by atoms with Crippen molar-refractivity contribution in [3.63, 3.8) is 0 Å². The average Bonchev–Trinajstić information content (AvgIpc) is 2.90. The zero-order chi connectivity index (χ0) is 15.4. The number of nitrogens with zero attached hydrogens (tertiary/aromatic N) is 2. The van der Waals surface area contributed by atoms with Crippen molar-refractivity contribution in [2.75, 3.05) is 32.3 Å². The van der Waals surface area contributed by atoms with Gasteiger partial charge in [0, 0.05) is 12.6 Å². The smallest absolute Gasteiger partial charge is 0.242 e. The van der Waals surface area contributed by atoms with Gasteiger partial charge in [-0.2, -0.15) is 0 Å². The van der Waals surface area contributed by atoms with Crippen molar-refractivity contribution >= 4 is 23.6 Å². The summed E-state index contributed by atoms with van der Waals surface area (Å²) in [7, 11) is 3.38. The highest BCUT2D eigenvalue weighted by atomic mass is 32.2. The number of carbonyl (C=O) groups excluding carboxylic acids is 2. The van der Waals surface area contributed by atoms with Gasteiger partial charge >= 0.3 is 0 Å². The molecule has 0 N–H and O–H groups in total. The second-order valence-corrected chi connectivity index (χ2v) is 5.95. The van der Waals surface area contributed by atoms with Gasteiger partial charge in [-0.25, -0.2) is 0 Å². The molecule has 2 amide bonds. The van der Waals surface area contributed by atoms with E-state index in [2.05, 4.69) is 0 Å². The third-order valence-corrected chi connectivity index (χ3v) is 4.66. The van der Waals surface area contributed by atoms with Crippen LogP contribution in [0.5, 0.6) is 5.75 Å². The van der Waals surface area contributed by atoms with Crippen LogP contribution in [-0.4, -0.2) is 53.9 Å². The molecule has 114 valence electrons. The van der Waals surface area contributed by atoms with Gasteiger partial charge < -0.3 is 14.5 Å². The Morgan fingerprint density at radius 3 is 2.81 bits per heavy atom. The van der Waals surface area contributed by atoms with Crippen LogP contribution in [0.15, 0.2) is 24.3 Å². The van der Waals surface area contributed by atoms with E-state index in [1.54, 1.807) is 35.7 Å². The molecule has 0 radical (unpaired) electrons. The molecule has 1 aromatic carbocycles. The molecular formula is C15H20N2O3S. The number of carbonyl (C=O) groups is 2. The van der Waals surface area contributed by atoms with Gasteiger partial charge in [-0.05, 0) is 13.0 Å². The zero-order valence-electron chi connectivity index (χ0n) is 12.5. The van der Waals surface area contributed by atoms with Crippen LogP contribution in [-0.2, 0) is 9.59 Å². The van der Waals surface area contributed by atoms with Crippen LogP contribution in [0, 0.1) is 0 Å². The molecular weight excluding hydrogens is 288 g/mol. The summed E-state index contributed by atoms with van der Waals surface area (Å²) in [5, 5.41) is 0. The van der Waals surface area contributed by atoms with E-state index in [1.807, 2.05) is 31.2 Å². The molecule has 1 aliphatic heterocycles. The van der Waals surface area contributed by atoms with E-state index in [0.29, 0.717) is 11.6 Å². The zero-order valence-corrected chi connectivity index (χ0v) is 13.4. The Labute approximate surface area is 129 Å². The van der Waals surface area contributed by atoms with Crippen molar-refractivity contribution in [1.82, 2.24) is 9.80 Å². The van der Waals surface area contributed by atoms with Crippen LogP contribution in [0.1, 0.15) is 18.5 Å². The van der Waals surface area contributed by atoms with Crippen LogP contribution >= 0.6 is 11.8 Å². The minimum Gasteiger partial charge on any atom is -0.496 e. The predicted molar refractivity (Wildman–Crippen MR) is 83.2 cm³/mol. The van der Waals surface area contributed by atoms with E-state index in [1.165, 1.54) is 0 Å². The number of likely N-dealkylation sites (N-methyl/N-ethyl adjacent to an activating group) is 1. The first-order valence-corrected chi connectivity index (χ1v) is 7.94. The molecule has 1 fully saturated rings. The number of hydrogen-bond acceptors (Lipinski definition) is 4. The highest BCUT2D eigenvalue weighted by Crippen LogP contribution is 2.28. The van der Waals surface area contributed by atoms with E-state index in [-0.39, 0.29) is 24.4 Å². The fraction of sp³-hybridized carbons (Fsp3) is 0.467. The first-order valence-electron chi connectivity index (χ1n) is 6.78. The number of thioether (sulfide) groups is 1. The van der Waals surface area contributed by atoms with Gasteiger partial charge in [0.2, 0.25) is 11.8 Å². The first kappa shape index (κ1) is 15.7. The molecule has 5 nitrogen and oxygen atoms in total. The van der Waals surface area contributed by atoms with E-state index < -0.39 is 0 Å². The molecule has 0 spiro atoms. The third kappa shape index (κ3) is 3.50. The first-order chi connectivity index (χ1) is 10.0. The fourth-order valence-corrected chi connectivity index (χ4v) is 3.16. The van der Waals surface area contributed by atoms with Crippen LogP contribution in [0.4, 0.5) is 0 Å². The van der Waals surface area contributed by atoms with Crippen molar-refractivity contribution in [2.24, 2.45) is 0 Å². The molecule has 0 bridgehead atoms. The fourth-order valence-electron chi connectivity index (χ4n) is 2.25. The molecule has 1 aromatic rings. The predicted octanol–water partition coefficient (Wildman–Crippen LogP) is 1.75. The molecule has 1 heterocycles. The second kappa shape index (κ2) is 6.85. The quantitative estimate of drug-likeness (QED) is 0.831. The molecule has 0 aliphatic carbocycles. The monoisotopic (exact) mass is 308 g/mol. The molecule has 1 aliphatic rings. The van der Waals surface area contributed by atoms with Crippen molar-refractivity contribution in [1.29, 1.82) is 0 Å². The van der Waals surface area contributed by atoms with Gasteiger partial charge in [-0.15, -0.1) is 11.8 Å². The number of benzene rings is 1. The van der Waals surface area contributed by atoms with Gasteiger partial charge in [0.25, 0.3) is 0 Å². The number of para-hydroxylation sites is 1. The van der Waals surface area contributed by atoms with Gasteiger partial charge in [0.15, 0.2) is 0 Å². The van der Waals surface area contributed by atoms with Gasteiger partial charge in [0.05, 0.1) is 24.8 Å². The number of methoxy groups -OCH3 is 1. The molecule has 1 atom stereocenters. The number of ether oxygens (including phenoxy) is 1. The highest BCUT2D eigenvalue weighted by Gasteiger charge is 2.26. The molecule has 21 heavy (non-hydrogen) atoms. The summed E-state index contributed by atoms with van der Waals surface area (Å²) in [6.07, 6.45) is 0. The highest BCUT2D eigenvalue weighted by molar-refractivity contribution is 8.00. The molecule has 0 saturated carbocycles. The van der Waals surface area contributed by atoms with E-state index in [9.17, 15) is 9.59 Å². The summed E-state index contributed by atoms with van der Waals surface area (Å²) >= 11 is 1.54. The summed E-state index contributed by atoms with van der Waals surface area (Å²) in [6.45, 7) is 2.10. The second-order valence-electron chi connectivity index (χ2n) is 4.99. The van der Waals surface area contributed by atoms with Gasteiger partial charge in [-0.1, -0.05) is 18.2 Å². The summed E-state index contributed by atoms with van der Waals surface area (Å²) in [5.74, 6) is 1.80. The minimum atomic E-state index is -0.112. The largest absolute Gasteiger partial charge is 0.496 e. The molecule has 0 aromatic heterocycles. The minimum absolute atomic E-state index is 0.0340. The van der Waals surface area contributed by atoms with Crippen molar-refractivity contribution in [2.45, 2.75) is 13.0 Å². The van der Waals surface area contributed by atoms with E-state index in [0.717, 1.165) is 11.3 Å². The summed E-state index contributed by atoms with van der Waals surface area (Å²) in [6, 6.07) is 7.54. The van der Waals surface area contributed by atoms with Crippen LogP contribution in [0.25, 0.3) is 0 Å². The Kier molecular flexibility index (Phi) is 5.12. The molecule has 6 heteroatoms. The maximum Gasteiger partial charge on any atom is 0.242 e. The van der Waals surface area contributed by atoms with Crippen molar-refractivity contribution in [3.8, 4) is 5.75 Å². The van der Waals surface area contributed by atoms with E-state index >= 15 is 0 Å². The number of rotatable bonds is 5. The lowest BCUT2D eigenvalue weighted by Gasteiger charge is -2.28. The average molecular weight is 308 g/mol. The lowest BCUT2D eigenvalue weighted by atomic mass is 10.1. The number of hydrogen-bond donors (Lipinski definition) is 0. The summed E-state index contributed by atoms with van der Waals surface area (Å²) < 4.78 is 5.34. The Morgan fingerprint density at radius 1 is 1.48 bits per heavy atom. The molecule has 2 rings (SSSR count). The van der Waals surface area contributed by atoms with Crippen LogP contribution in [0.3, 0.4) is 0 Å². The Morgan fingerprint density at radius 2 is 2.19 bits per heavy atom. The van der Waals surface area contributed by atoms with Crippen molar-refractivity contribution < 1.29 is 14.3 Å². The normalized spacial score (nSPS) is 16.0. The Balaban J connectivity index is 2.06. The Hall–Kier alpha value is -1.69. The van der Waals surface area contributed by atoms with Gasteiger partial charge in [0.1, 0.15) is 12.3 Å².